The maximum absolute atomic E-state index is 12.6. The molecule has 1 aromatic heterocycles. The molecule has 29 heavy (non-hydrogen) atoms. The van der Waals surface area contributed by atoms with Crippen molar-refractivity contribution in [1.82, 2.24) is 15.1 Å². The maximum atomic E-state index is 12.6. The molecule has 0 radical (unpaired) electrons. The maximum Gasteiger partial charge on any atom is 0.359 e. The fraction of sp³-hybridized carbons (Fsp3) is 0.455. The van der Waals surface area contributed by atoms with Gasteiger partial charge in [-0.3, -0.25) is 9.59 Å². The Kier molecular flexibility index (Phi) is 7.16. The minimum Gasteiger partial charge on any atom is -0.451 e. The molecule has 0 bridgehead atoms. The van der Waals surface area contributed by atoms with Crippen molar-refractivity contribution < 1.29 is 14.3 Å². The number of nitrogens with zero attached hydrogens (tertiary/aromatic N) is 2. The Morgan fingerprint density at radius 1 is 1.21 bits per heavy atom. The smallest absolute Gasteiger partial charge is 0.359 e. The van der Waals surface area contributed by atoms with Crippen LogP contribution >= 0.6 is 0 Å². The van der Waals surface area contributed by atoms with Crippen LogP contribution in [0.5, 0.6) is 0 Å². The molecule has 2 aromatic rings. The van der Waals surface area contributed by atoms with Crippen molar-refractivity contribution >= 4 is 22.6 Å². The van der Waals surface area contributed by atoms with E-state index in [1.165, 1.54) is 23.1 Å². The summed E-state index contributed by atoms with van der Waals surface area (Å²) < 4.78 is 6.44. The zero-order valence-corrected chi connectivity index (χ0v) is 16.8. The normalized spacial score (nSPS) is 13.8. The second-order valence-electron chi connectivity index (χ2n) is 7.21. The molecule has 1 N–H and O–H groups in total. The molecule has 0 saturated heterocycles. The fourth-order valence-corrected chi connectivity index (χ4v) is 3.49. The van der Waals surface area contributed by atoms with Gasteiger partial charge < -0.3 is 10.1 Å². The van der Waals surface area contributed by atoms with Gasteiger partial charge in [0.25, 0.3) is 11.5 Å². The zero-order chi connectivity index (χ0) is 20.6. The van der Waals surface area contributed by atoms with E-state index in [-0.39, 0.29) is 23.8 Å². The van der Waals surface area contributed by atoms with Gasteiger partial charge in [0.1, 0.15) is 0 Å². The summed E-state index contributed by atoms with van der Waals surface area (Å²) in [5, 5.41) is 7.80. The molecule has 1 aliphatic carbocycles. The van der Waals surface area contributed by atoms with Gasteiger partial charge >= 0.3 is 5.97 Å². The number of aryl methyl sites for hydroxylation is 1. The molecule has 1 amide bonds. The van der Waals surface area contributed by atoms with E-state index in [1.54, 1.807) is 24.3 Å². The van der Waals surface area contributed by atoms with Crippen LogP contribution in [0, 0.1) is 0 Å². The van der Waals surface area contributed by atoms with E-state index in [2.05, 4.69) is 16.5 Å². The number of benzene rings is 1. The summed E-state index contributed by atoms with van der Waals surface area (Å²) in [5.41, 5.74) is 1.19. The highest BCUT2D eigenvalue weighted by Gasteiger charge is 2.18. The molecule has 7 nitrogen and oxygen atoms in total. The van der Waals surface area contributed by atoms with Gasteiger partial charge in [-0.1, -0.05) is 36.8 Å². The summed E-state index contributed by atoms with van der Waals surface area (Å²) >= 11 is 0. The number of rotatable bonds is 8. The van der Waals surface area contributed by atoms with Crippen LogP contribution in [0.15, 0.2) is 40.7 Å². The van der Waals surface area contributed by atoms with Crippen LogP contribution in [-0.2, 0) is 16.1 Å². The second kappa shape index (κ2) is 10.0. The third-order valence-electron chi connectivity index (χ3n) is 4.98. The van der Waals surface area contributed by atoms with Crippen molar-refractivity contribution in [2.75, 3.05) is 13.2 Å². The molecule has 0 fully saturated rings. The van der Waals surface area contributed by atoms with Gasteiger partial charge in [0.05, 0.1) is 5.39 Å². The number of nitrogens with one attached hydrogen (secondary N) is 1. The molecule has 0 saturated carbocycles. The minimum absolute atomic E-state index is 0.0498. The van der Waals surface area contributed by atoms with E-state index in [0.717, 1.165) is 19.3 Å². The molecule has 1 aromatic carbocycles. The Labute approximate surface area is 169 Å². The van der Waals surface area contributed by atoms with Gasteiger partial charge in [-0.25, -0.2) is 9.48 Å². The zero-order valence-electron chi connectivity index (χ0n) is 16.8. The number of aromatic nitrogens is 2. The molecule has 1 heterocycles. The largest absolute Gasteiger partial charge is 0.451 e. The van der Waals surface area contributed by atoms with Gasteiger partial charge in [0.2, 0.25) is 0 Å². The van der Waals surface area contributed by atoms with Gasteiger partial charge in [-0.15, -0.1) is 0 Å². The SMILES string of the molecule is CCCn1nc(C(=O)OCC(=O)NCCC2=CCCCC2)c2ccccc2c1=O. The second-order valence-corrected chi connectivity index (χ2v) is 7.21. The number of ether oxygens (including phenoxy) is 1. The first-order valence-corrected chi connectivity index (χ1v) is 10.2. The Balaban J connectivity index is 1.62. The monoisotopic (exact) mass is 397 g/mol. The quantitative estimate of drug-likeness (QED) is 0.546. The summed E-state index contributed by atoms with van der Waals surface area (Å²) in [5.74, 6) is -1.06. The first kappa shape index (κ1) is 20.8. The lowest BCUT2D eigenvalue weighted by atomic mass is 9.97. The summed E-state index contributed by atoms with van der Waals surface area (Å²) in [6.07, 6.45) is 8.43. The average Bonchev–Trinajstić information content (AvgIpc) is 2.75. The first-order chi connectivity index (χ1) is 14.1. The number of esters is 1. The molecule has 7 heteroatoms. The van der Waals surface area contributed by atoms with Crippen LogP contribution in [0.25, 0.3) is 10.8 Å². The summed E-state index contributed by atoms with van der Waals surface area (Å²) in [4.78, 5) is 37.1. The predicted molar refractivity (Wildman–Crippen MR) is 111 cm³/mol. The van der Waals surface area contributed by atoms with Crippen LogP contribution in [-0.4, -0.2) is 34.8 Å². The molecule has 0 spiro atoms. The van der Waals surface area contributed by atoms with E-state index < -0.39 is 5.97 Å². The molecule has 0 aliphatic heterocycles. The predicted octanol–water partition coefficient (Wildman–Crippen LogP) is 2.97. The number of hydrogen-bond donors (Lipinski definition) is 1. The highest BCUT2D eigenvalue weighted by Crippen LogP contribution is 2.19. The number of hydrogen-bond acceptors (Lipinski definition) is 5. The van der Waals surface area contributed by atoms with E-state index in [1.807, 2.05) is 6.92 Å². The van der Waals surface area contributed by atoms with Crippen LogP contribution in [0.1, 0.15) is 55.9 Å². The van der Waals surface area contributed by atoms with E-state index >= 15 is 0 Å². The number of carbonyl (C=O) groups excluding carboxylic acids is 2. The standard InChI is InChI=1S/C22H27N3O4/c1-2-14-25-21(27)18-11-7-6-10-17(18)20(24-25)22(28)29-15-19(26)23-13-12-16-8-4-3-5-9-16/h6-8,10-11H,2-5,9,12-15H2,1H3,(H,23,26). The molecule has 0 atom stereocenters. The molecule has 3 rings (SSSR count). The van der Waals surface area contributed by atoms with Crippen molar-refractivity contribution in [2.24, 2.45) is 0 Å². The number of allylic oxidation sites excluding steroid dienone is 1. The van der Waals surface area contributed by atoms with Crippen LogP contribution in [0.4, 0.5) is 0 Å². The van der Waals surface area contributed by atoms with Gasteiger partial charge in [-0.05, 0) is 44.6 Å². The lowest BCUT2D eigenvalue weighted by Crippen LogP contribution is -2.31. The molecular weight excluding hydrogens is 370 g/mol. The third-order valence-corrected chi connectivity index (χ3v) is 4.98. The lowest BCUT2D eigenvalue weighted by Gasteiger charge is -2.13. The summed E-state index contributed by atoms with van der Waals surface area (Å²) in [6, 6.07) is 6.80. The highest BCUT2D eigenvalue weighted by atomic mass is 16.5. The topological polar surface area (TPSA) is 90.3 Å². The molecule has 1 aliphatic rings. The Morgan fingerprint density at radius 2 is 2.00 bits per heavy atom. The fourth-order valence-electron chi connectivity index (χ4n) is 3.49. The highest BCUT2D eigenvalue weighted by molar-refractivity contribution is 6.02. The number of amides is 1. The van der Waals surface area contributed by atoms with Gasteiger partial charge in [0, 0.05) is 18.5 Å². The number of carbonyl (C=O) groups is 2. The molecular formula is C22H27N3O4. The van der Waals surface area contributed by atoms with Crippen LogP contribution < -0.4 is 10.9 Å². The van der Waals surface area contributed by atoms with E-state index in [9.17, 15) is 14.4 Å². The first-order valence-electron chi connectivity index (χ1n) is 10.2. The Bertz CT molecular complexity index is 978. The third kappa shape index (κ3) is 5.31. The minimum atomic E-state index is -0.712. The lowest BCUT2D eigenvalue weighted by molar-refractivity contribution is -0.124. The summed E-state index contributed by atoms with van der Waals surface area (Å²) in [7, 11) is 0. The molecule has 154 valence electrons. The van der Waals surface area contributed by atoms with Gasteiger partial charge in [0.15, 0.2) is 12.3 Å². The number of fused-ring (bicyclic) bond motifs is 1. The Morgan fingerprint density at radius 3 is 2.72 bits per heavy atom. The van der Waals surface area contributed by atoms with Crippen LogP contribution in [0.3, 0.4) is 0 Å². The average molecular weight is 397 g/mol. The van der Waals surface area contributed by atoms with Gasteiger partial charge in [-0.2, -0.15) is 5.10 Å². The summed E-state index contributed by atoms with van der Waals surface area (Å²) in [6.45, 7) is 2.49. The Hall–Kier alpha value is -2.96. The van der Waals surface area contributed by atoms with E-state index in [4.69, 9.17) is 4.74 Å². The van der Waals surface area contributed by atoms with Crippen molar-refractivity contribution in [3.05, 3.63) is 52.0 Å². The van der Waals surface area contributed by atoms with Crippen molar-refractivity contribution in [2.45, 2.75) is 52.0 Å². The van der Waals surface area contributed by atoms with E-state index in [0.29, 0.717) is 30.3 Å². The van der Waals surface area contributed by atoms with Crippen molar-refractivity contribution in [1.29, 1.82) is 0 Å². The van der Waals surface area contributed by atoms with Crippen molar-refractivity contribution in [3.63, 3.8) is 0 Å². The molecule has 0 unspecified atom stereocenters. The van der Waals surface area contributed by atoms with Crippen LogP contribution in [0.2, 0.25) is 0 Å². The van der Waals surface area contributed by atoms with Crippen molar-refractivity contribution in [3.8, 4) is 0 Å².